The van der Waals surface area contributed by atoms with Gasteiger partial charge in [0.15, 0.2) is 0 Å². The number of carbonyl (C=O) groups excluding carboxylic acids is 1. The summed E-state index contributed by atoms with van der Waals surface area (Å²) in [5.41, 5.74) is 0. The number of hydrogen-bond acceptors (Lipinski definition) is 3. The molecule has 0 aliphatic carbocycles. The van der Waals surface area contributed by atoms with Crippen LogP contribution < -0.4 is 0 Å². The second-order valence-corrected chi connectivity index (χ2v) is 4.41. The van der Waals surface area contributed by atoms with Gasteiger partial charge < -0.3 is 9.32 Å². The van der Waals surface area contributed by atoms with E-state index in [1.807, 2.05) is 19.1 Å². The zero-order chi connectivity index (χ0) is 10.8. The third kappa shape index (κ3) is 1.88. The first kappa shape index (κ1) is 10.2. The number of nitrogens with zero attached hydrogens (tertiary/aromatic N) is 1. The Morgan fingerprint density at radius 1 is 1.73 bits per heavy atom. The van der Waals surface area contributed by atoms with Gasteiger partial charge in [-0.25, -0.2) is 0 Å². The van der Waals surface area contributed by atoms with Crippen LogP contribution in [0.5, 0.6) is 0 Å². The molecule has 3 nitrogen and oxygen atoms in total. The number of hydrogen-bond donors (Lipinski definition) is 0. The molecule has 0 N–H and O–H groups in total. The lowest BCUT2D eigenvalue weighted by atomic mass is 10.3. The van der Waals surface area contributed by atoms with Gasteiger partial charge in [0.05, 0.1) is 12.3 Å². The second kappa shape index (κ2) is 4.03. The first-order chi connectivity index (χ1) is 7.22. The molecule has 0 spiro atoms. The summed E-state index contributed by atoms with van der Waals surface area (Å²) in [7, 11) is 0. The average Bonchev–Trinajstić information content (AvgIpc) is 2.76. The molecular weight excluding hydrogens is 210 g/mol. The lowest BCUT2D eigenvalue weighted by molar-refractivity contribution is -0.127. The van der Waals surface area contributed by atoms with Gasteiger partial charge in [0.2, 0.25) is 5.91 Å². The fourth-order valence-corrected chi connectivity index (χ4v) is 2.67. The van der Waals surface area contributed by atoms with Crippen molar-refractivity contribution in [2.24, 2.45) is 0 Å². The minimum absolute atomic E-state index is 0.0535. The van der Waals surface area contributed by atoms with E-state index in [1.54, 1.807) is 16.7 Å². The van der Waals surface area contributed by atoms with Gasteiger partial charge in [-0.3, -0.25) is 4.79 Å². The summed E-state index contributed by atoms with van der Waals surface area (Å²) in [6, 6.07) is 3.79. The molecule has 15 heavy (non-hydrogen) atoms. The number of amides is 1. The molecule has 1 aliphatic rings. The molecule has 1 saturated heterocycles. The fourth-order valence-electron chi connectivity index (χ4n) is 1.55. The topological polar surface area (TPSA) is 33.5 Å². The number of furan rings is 1. The van der Waals surface area contributed by atoms with E-state index < -0.39 is 0 Å². The van der Waals surface area contributed by atoms with Gasteiger partial charge in [0.25, 0.3) is 0 Å². The molecule has 1 amide bonds. The monoisotopic (exact) mass is 221 g/mol. The van der Waals surface area contributed by atoms with E-state index in [2.05, 4.69) is 5.92 Å². The summed E-state index contributed by atoms with van der Waals surface area (Å²) in [5, 5.41) is -0.0535. The molecule has 1 aromatic rings. The number of rotatable bonds is 2. The van der Waals surface area contributed by atoms with Crippen LogP contribution in [-0.4, -0.2) is 23.1 Å². The maximum Gasteiger partial charge on any atom is 0.234 e. The smallest absolute Gasteiger partial charge is 0.234 e. The first-order valence-electron chi connectivity index (χ1n) is 4.63. The normalized spacial score (nSPS) is 20.7. The molecule has 2 heterocycles. The Hall–Kier alpha value is -1.34. The fraction of sp³-hybridized carbons (Fsp3) is 0.364. The molecule has 0 bridgehead atoms. The van der Waals surface area contributed by atoms with Gasteiger partial charge >= 0.3 is 0 Å². The lowest BCUT2D eigenvalue weighted by Crippen LogP contribution is -2.28. The van der Waals surface area contributed by atoms with Gasteiger partial charge in [0, 0.05) is 0 Å². The second-order valence-electron chi connectivity index (χ2n) is 3.34. The van der Waals surface area contributed by atoms with E-state index in [0.29, 0.717) is 12.3 Å². The summed E-state index contributed by atoms with van der Waals surface area (Å²) in [5.74, 6) is 4.71. The average molecular weight is 221 g/mol. The Morgan fingerprint density at radius 2 is 2.53 bits per heavy atom. The Kier molecular flexibility index (Phi) is 2.74. The maximum absolute atomic E-state index is 11.5. The zero-order valence-electron chi connectivity index (χ0n) is 8.40. The highest BCUT2D eigenvalue weighted by atomic mass is 32.2. The van der Waals surface area contributed by atoms with Gasteiger partial charge in [-0.05, 0) is 19.1 Å². The molecule has 4 heteroatoms. The molecule has 0 radical (unpaired) electrons. The summed E-state index contributed by atoms with van der Waals surface area (Å²) in [4.78, 5) is 13.2. The predicted octanol–water partition coefficient (Wildman–Crippen LogP) is 1.80. The van der Waals surface area contributed by atoms with Crippen molar-refractivity contribution in [1.29, 1.82) is 0 Å². The molecule has 1 aliphatic heterocycles. The van der Waals surface area contributed by atoms with E-state index in [-0.39, 0.29) is 11.3 Å². The van der Waals surface area contributed by atoms with Crippen LogP contribution in [0, 0.1) is 19.3 Å². The van der Waals surface area contributed by atoms with Crippen molar-refractivity contribution < 1.29 is 9.21 Å². The SMILES string of the molecule is C#CCN1C(=O)CSC1c1ccc(C)o1. The first-order valence-corrected chi connectivity index (χ1v) is 5.68. The summed E-state index contributed by atoms with van der Waals surface area (Å²) in [6.45, 7) is 2.23. The minimum Gasteiger partial charge on any atom is -0.463 e. The Morgan fingerprint density at radius 3 is 3.13 bits per heavy atom. The molecule has 1 atom stereocenters. The van der Waals surface area contributed by atoms with Crippen LogP contribution in [-0.2, 0) is 4.79 Å². The summed E-state index contributed by atoms with van der Waals surface area (Å²) in [6.07, 6.45) is 5.23. The van der Waals surface area contributed by atoms with Crippen LogP contribution >= 0.6 is 11.8 Å². The largest absolute Gasteiger partial charge is 0.463 e. The highest BCUT2D eigenvalue weighted by Crippen LogP contribution is 2.38. The molecular formula is C11H11NO2S. The Bertz CT molecular complexity index is 418. The van der Waals surface area contributed by atoms with Crippen molar-refractivity contribution >= 4 is 17.7 Å². The quantitative estimate of drug-likeness (QED) is 0.714. The van der Waals surface area contributed by atoms with Crippen molar-refractivity contribution in [2.45, 2.75) is 12.3 Å². The highest BCUT2D eigenvalue weighted by Gasteiger charge is 2.33. The summed E-state index contributed by atoms with van der Waals surface area (Å²) >= 11 is 1.55. The lowest BCUT2D eigenvalue weighted by Gasteiger charge is -2.19. The van der Waals surface area contributed by atoms with Gasteiger partial charge in [-0.1, -0.05) is 5.92 Å². The van der Waals surface area contributed by atoms with Crippen molar-refractivity contribution in [1.82, 2.24) is 4.90 Å². The molecule has 1 aromatic heterocycles. The molecule has 2 rings (SSSR count). The predicted molar refractivity (Wildman–Crippen MR) is 59.2 cm³/mol. The third-order valence-corrected chi connectivity index (χ3v) is 3.45. The van der Waals surface area contributed by atoms with E-state index in [9.17, 15) is 4.79 Å². The van der Waals surface area contributed by atoms with Crippen LogP contribution in [0.3, 0.4) is 0 Å². The molecule has 0 aromatic carbocycles. The van der Waals surface area contributed by atoms with Gasteiger partial charge in [-0.15, -0.1) is 18.2 Å². The van der Waals surface area contributed by atoms with Gasteiger partial charge in [-0.2, -0.15) is 0 Å². The Labute approximate surface area is 92.8 Å². The third-order valence-electron chi connectivity index (χ3n) is 2.23. The Balaban J connectivity index is 2.22. The van der Waals surface area contributed by atoms with Gasteiger partial charge in [0.1, 0.15) is 16.9 Å². The number of thioether (sulfide) groups is 1. The van der Waals surface area contributed by atoms with Crippen LogP contribution in [0.25, 0.3) is 0 Å². The number of aryl methyl sites for hydroxylation is 1. The van der Waals surface area contributed by atoms with Crippen LogP contribution in [0.2, 0.25) is 0 Å². The minimum atomic E-state index is -0.0535. The molecule has 1 fully saturated rings. The highest BCUT2D eigenvalue weighted by molar-refractivity contribution is 8.00. The van der Waals surface area contributed by atoms with Crippen LogP contribution in [0.1, 0.15) is 16.9 Å². The molecule has 78 valence electrons. The van der Waals surface area contributed by atoms with E-state index in [0.717, 1.165) is 11.5 Å². The van der Waals surface area contributed by atoms with Crippen molar-refractivity contribution in [3.8, 4) is 12.3 Å². The van der Waals surface area contributed by atoms with E-state index in [4.69, 9.17) is 10.8 Å². The standard InChI is InChI=1S/C11H11NO2S/c1-3-6-12-10(13)7-15-11(12)9-5-4-8(2)14-9/h1,4-5,11H,6-7H2,2H3. The number of carbonyl (C=O) groups is 1. The van der Waals surface area contributed by atoms with E-state index >= 15 is 0 Å². The van der Waals surface area contributed by atoms with Crippen LogP contribution in [0.4, 0.5) is 0 Å². The zero-order valence-corrected chi connectivity index (χ0v) is 9.21. The molecule has 1 unspecified atom stereocenters. The summed E-state index contributed by atoms with van der Waals surface area (Å²) < 4.78 is 5.51. The maximum atomic E-state index is 11.5. The van der Waals surface area contributed by atoms with E-state index in [1.165, 1.54) is 0 Å². The number of terminal acetylenes is 1. The van der Waals surface area contributed by atoms with Crippen LogP contribution in [0.15, 0.2) is 16.5 Å². The molecule has 0 saturated carbocycles. The van der Waals surface area contributed by atoms with Crippen molar-refractivity contribution in [3.63, 3.8) is 0 Å². The van der Waals surface area contributed by atoms with Crippen molar-refractivity contribution in [3.05, 3.63) is 23.7 Å². The van der Waals surface area contributed by atoms with Crippen molar-refractivity contribution in [2.75, 3.05) is 12.3 Å².